The largest absolute Gasteiger partial charge is 0.358 e. The number of oxime groups is 1. The summed E-state index contributed by atoms with van der Waals surface area (Å²) in [5.74, 6) is 0.902. The Kier molecular flexibility index (Phi) is 5.88. The second-order valence-electron chi connectivity index (χ2n) is 6.48. The molecule has 27 heavy (non-hydrogen) atoms. The van der Waals surface area contributed by atoms with Crippen molar-refractivity contribution in [2.24, 2.45) is 11.1 Å². The minimum Gasteiger partial charge on any atom is -0.264 e. The van der Waals surface area contributed by atoms with E-state index in [2.05, 4.69) is 17.3 Å². The third-order valence-corrected chi connectivity index (χ3v) is 7.03. The lowest BCUT2D eigenvalue weighted by molar-refractivity contribution is 0.337. The molecule has 1 aliphatic heterocycles. The van der Waals surface area contributed by atoms with Crippen molar-refractivity contribution in [3.8, 4) is 6.07 Å². The first-order valence-corrected chi connectivity index (χ1v) is 11.0. The van der Waals surface area contributed by atoms with Gasteiger partial charge in [-0.25, -0.2) is 0 Å². The fourth-order valence-electron chi connectivity index (χ4n) is 2.90. The van der Waals surface area contributed by atoms with E-state index in [1.54, 1.807) is 30.0 Å². The van der Waals surface area contributed by atoms with Crippen LogP contribution in [0.4, 0.5) is 0 Å². The SMILES string of the molecule is CC1=CCC(=C2SCC(C)C2=NOS(=O)(=O)c2ccccc2)C=C1CC#N. The highest BCUT2D eigenvalue weighted by Crippen LogP contribution is 2.39. The molecule has 1 aromatic carbocycles. The van der Waals surface area contributed by atoms with E-state index >= 15 is 0 Å². The van der Waals surface area contributed by atoms with Gasteiger partial charge in [0, 0.05) is 16.6 Å². The van der Waals surface area contributed by atoms with Crippen LogP contribution in [0, 0.1) is 17.2 Å². The summed E-state index contributed by atoms with van der Waals surface area (Å²) in [6, 6.07) is 10.2. The smallest absolute Gasteiger partial charge is 0.264 e. The molecule has 1 saturated heterocycles. The molecule has 1 unspecified atom stereocenters. The van der Waals surface area contributed by atoms with Crippen LogP contribution in [-0.4, -0.2) is 19.9 Å². The number of benzene rings is 1. The Hall–Kier alpha value is -2.30. The fourth-order valence-corrected chi connectivity index (χ4v) is 4.95. The first kappa shape index (κ1) is 19.5. The number of allylic oxidation sites excluding steroid dienone is 6. The minimum atomic E-state index is -3.94. The van der Waals surface area contributed by atoms with Crippen molar-refractivity contribution in [3.63, 3.8) is 0 Å². The topological polar surface area (TPSA) is 79.5 Å². The standard InChI is InChI=1S/C20H20N2O3S2/c1-14-8-9-17(12-16(14)10-11-21)20-19(15(2)13-26-20)22-25-27(23,24)18-6-4-3-5-7-18/h3-8,12,15H,9-10,13H2,1-2H3. The van der Waals surface area contributed by atoms with Gasteiger partial charge in [-0.1, -0.05) is 48.0 Å². The van der Waals surface area contributed by atoms with Gasteiger partial charge in [-0.2, -0.15) is 13.7 Å². The molecule has 3 rings (SSSR count). The van der Waals surface area contributed by atoms with Gasteiger partial charge in [0.05, 0.1) is 18.2 Å². The third-order valence-electron chi connectivity index (χ3n) is 4.49. The van der Waals surface area contributed by atoms with E-state index in [-0.39, 0.29) is 10.8 Å². The summed E-state index contributed by atoms with van der Waals surface area (Å²) in [7, 11) is -3.94. The van der Waals surface area contributed by atoms with Crippen LogP contribution in [0.1, 0.15) is 26.7 Å². The number of hydrogen-bond donors (Lipinski definition) is 0. The van der Waals surface area contributed by atoms with E-state index in [9.17, 15) is 8.42 Å². The Labute approximate surface area is 164 Å². The average molecular weight is 401 g/mol. The van der Waals surface area contributed by atoms with Crippen LogP contribution in [0.5, 0.6) is 0 Å². The lowest BCUT2D eigenvalue weighted by Crippen LogP contribution is -2.11. The zero-order chi connectivity index (χ0) is 19.4. The second kappa shape index (κ2) is 8.15. The summed E-state index contributed by atoms with van der Waals surface area (Å²) in [6.45, 7) is 4.00. The van der Waals surface area contributed by atoms with E-state index in [0.29, 0.717) is 12.1 Å². The van der Waals surface area contributed by atoms with E-state index in [0.717, 1.165) is 33.8 Å². The van der Waals surface area contributed by atoms with Crippen molar-refractivity contribution in [1.82, 2.24) is 0 Å². The molecule has 0 amide bonds. The van der Waals surface area contributed by atoms with Crippen molar-refractivity contribution in [2.75, 3.05) is 5.75 Å². The van der Waals surface area contributed by atoms with Crippen LogP contribution < -0.4 is 0 Å². The summed E-state index contributed by atoms with van der Waals surface area (Å²) in [5, 5.41) is 13.0. The summed E-state index contributed by atoms with van der Waals surface area (Å²) < 4.78 is 29.7. The second-order valence-corrected chi connectivity index (χ2v) is 9.04. The Morgan fingerprint density at radius 2 is 2.07 bits per heavy atom. The van der Waals surface area contributed by atoms with Crippen LogP contribution in [0.2, 0.25) is 0 Å². The summed E-state index contributed by atoms with van der Waals surface area (Å²) >= 11 is 1.65. The van der Waals surface area contributed by atoms with Crippen LogP contribution >= 0.6 is 11.8 Å². The number of hydrogen-bond acceptors (Lipinski definition) is 6. The molecule has 1 aliphatic carbocycles. The van der Waals surface area contributed by atoms with Crippen LogP contribution in [0.15, 0.2) is 74.2 Å². The Bertz CT molecular complexity index is 997. The van der Waals surface area contributed by atoms with Crippen molar-refractivity contribution in [2.45, 2.75) is 31.6 Å². The molecule has 1 aromatic rings. The number of nitrogens with zero attached hydrogens (tertiary/aromatic N) is 2. The van der Waals surface area contributed by atoms with Gasteiger partial charge in [-0.3, -0.25) is 4.28 Å². The highest BCUT2D eigenvalue weighted by Gasteiger charge is 2.29. The molecule has 1 atom stereocenters. The maximum Gasteiger partial charge on any atom is 0.358 e. The summed E-state index contributed by atoms with van der Waals surface area (Å²) in [5.41, 5.74) is 3.80. The maximum atomic E-state index is 12.3. The van der Waals surface area contributed by atoms with E-state index < -0.39 is 10.1 Å². The van der Waals surface area contributed by atoms with Crippen molar-refractivity contribution in [3.05, 3.63) is 64.1 Å². The van der Waals surface area contributed by atoms with Gasteiger partial charge in [0.25, 0.3) is 0 Å². The van der Waals surface area contributed by atoms with Gasteiger partial charge in [-0.15, -0.1) is 11.8 Å². The highest BCUT2D eigenvalue weighted by molar-refractivity contribution is 8.04. The molecule has 0 bridgehead atoms. The molecule has 0 saturated carbocycles. The molecule has 2 aliphatic rings. The van der Waals surface area contributed by atoms with Crippen LogP contribution in [0.3, 0.4) is 0 Å². The van der Waals surface area contributed by atoms with Gasteiger partial charge in [0.2, 0.25) is 0 Å². The molecule has 0 N–H and O–H groups in total. The van der Waals surface area contributed by atoms with Crippen LogP contribution in [-0.2, 0) is 14.4 Å². The van der Waals surface area contributed by atoms with Gasteiger partial charge in [-0.05, 0) is 36.6 Å². The molecule has 5 nitrogen and oxygen atoms in total. The lowest BCUT2D eigenvalue weighted by atomic mass is 9.92. The number of thioether (sulfide) groups is 1. The molecule has 1 heterocycles. The van der Waals surface area contributed by atoms with E-state index in [4.69, 9.17) is 9.55 Å². The van der Waals surface area contributed by atoms with E-state index in [1.165, 1.54) is 12.1 Å². The van der Waals surface area contributed by atoms with Crippen molar-refractivity contribution < 1.29 is 12.7 Å². The number of rotatable bonds is 4. The first-order chi connectivity index (χ1) is 12.9. The Balaban J connectivity index is 1.92. The predicted molar refractivity (Wildman–Crippen MR) is 107 cm³/mol. The Morgan fingerprint density at radius 3 is 2.78 bits per heavy atom. The molecule has 7 heteroatoms. The number of nitriles is 1. The van der Waals surface area contributed by atoms with Crippen LogP contribution in [0.25, 0.3) is 0 Å². The molecule has 1 fully saturated rings. The van der Waals surface area contributed by atoms with Gasteiger partial charge < -0.3 is 0 Å². The highest BCUT2D eigenvalue weighted by atomic mass is 32.2. The average Bonchev–Trinajstić information content (AvgIpc) is 3.03. The zero-order valence-electron chi connectivity index (χ0n) is 15.2. The predicted octanol–water partition coefficient (Wildman–Crippen LogP) is 4.57. The molecule has 140 valence electrons. The third kappa shape index (κ3) is 4.34. The van der Waals surface area contributed by atoms with Crippen molar-refractivity contribution in [1.29, 1.82) is 5.26 Å². The molecular formula is C20H20N2O3S2. The lowest BCUT2D eigenvalue weighted by Gasteiger charge is -2.15. The van der Waals surface area contributed by atoms with Gasteiger partial charge in [0.15, 0.2) is 0 Å². The monoisotopic (exact) mass is 400 g/mol. The quantitative estimate of drug-likeness (QED) is 0.692. The molecular weight excluding hydrogens is 380 g/mol. The first-order valence-electron chi connectivity index (χ1n) is 8.60. The summed E-state index contributed by atoms with van der Waals surface area (Å²) in [6.07, 6.45) is 5.21. The summed E-state index contributed by atoms with van der Waals surface area (Å²) in [4.78, 5) is 1.03. The molecule has 0 spiro atoms. The molecule has 0 aromatic heterocycles. The fraction of sp³-hybridized carbons (Fsp3) is 0.300. The van der Waals surface area contributed by atoms with Crippen molar-refractivity contribution >= 4 is 27.6 Å². The normalized spacial score (nSPS) is 24.3. The van der Waals surface area contributed by atoms with E-state index in [1.807, 2.05) is 19.9 Å². The molecule has 0 radical (unpaired) electrons. The van der Waals surface area contributed by atoms with Gasteiger partial charge >= 0.3 is 10.1 Å². The minimum absolute atomic E-state index is 0.0780. The van der Waals surface area contributed by atoms with Gasteiger partial charge in [0.1, 0.15) is 4.90 Å². The maximum absolute atomic E-state index is 12.3. The zero-order valence-corrected chi connectivity index (χ0v) is 16.8. The Morgan fingerprint density at radius 1 is 1.33 bits per heavy atom.